The minimum atomic E-state index is -0.612. The molecule has 1 unspecified atom stereocenters. The van der Waals surface area contributed by atoms with Gasteiger partial charge in [0.15, 0.2) is 0 Å². The Morgan fingerprint density at radius 2 is 1.79 bits per heavy atom. The number of aliphatic hydroxyl groups is 2. The number of benzene rings is 1. The number of hydrogen-bond donors (Lipinski definition) is 3. The molecule has 1 rings (SSSR count). The van der Waals surface area contributed by atoms with E-state index in [9.17, 15) is 10.2 Å². The summed E-state index contributed by atoms with van der Waals surface area (Å²) in [5.41, 5.74) is 0.642. The van der Waals surface area contributed by atoms with Crippen molar-refractivity contribution in [1.82, 2.24) is 5.32 Å². The third kappa shape index (κ3) is 5.19. The summed E-state index contributed by atoms with van der Waals surface area (Å²) in [7, 11) is 1.66. The zero-order valence-corrected chi connectivity index (χ0v) is 12.0. The van der Waals surface area contributed by atoms with Gasteiger partial charge in [-0.3, -0.25) is 0 Å². The van der Waals surface area contributed by atoms with Crippen LogP contribution in [-0.4, -0.2) is 42.1 Å². The molecule has 4 heteroatoms. The van der Waals surface area contributed by atoms with Crippen LogP contribution in [0.15, 0.2) is 24.3 Å². The number of nitrogens with one attached hydrogen (secondary N) is 1. The van der Waals surface area contributed by atoms with E-state index in [1.807, 2.05) is 19.1 Å². The zero-order chi connectivity index (χ0) is 14.3. The number of rotatable bonds is 8. The van der Waals surface area contributed by atoms with Gasteiger partial charge in [0.05, 0.1) is 25.9 Å². The van der Waals surface area contributed by atoms with Crippen LogP contribution in [0.25, 0.3) is 0 Å². The lowest BCUT2D eigenvalue weighted by atomic mass is 10.0. The first-order chi connectivity index (χ1) is 9.03. The first kappa shape index (κ1) is 16.0. The van der Waals surface area contributed by atoms with Crippen molar-refractivity contribution < 1.29 is 14.9 Å². The van der Waals surface area contributed by atoms with Crippen molar-refractivity contribution >= 4 is 0 Å². The average Bonchev–Trinajstić information content (AvgIpc) is 2.45. The topological polar surface area (TPSA) is 61.7 Å². The third-order valence-corrected chi connectivity index (χ3v) is 3.32. The number of hydrogen-bond acceptors (Lipinski definition) is 4. The summed E-state index contributed by atoms with van der Waals surface area (Å²) >= 11 is 0. The van der Waals surface area contributed by atoms with E-state index in [2.05, 4.69) is 24.4 Å². The van der Waals surface area contributed by atoms with Crippen LogP contribution in [0.4, 0.5) is 0 Å². The van der Waals surface area contributed by atoms with Crippen LogP contribution >= 0.6 is 0 Å². The van der Waals surface area contributed by atoms with E-state index < -0.39 is 5.54 Å². The van der Waals surface area contributed by atoms with Crippen LogP contribution in [-0.2, 0) is 6.42 Å². The summed E-state index contributed by atoms with van der Waals surface area (Å²) in [4.78, 5) is 0. The van der Waals surface area contributed by atoms with E-state index in [0.29, 0.717) is 0 Å². The average molecular weight is 267 g/mol. The van der Waals surface area contributed by atoms with Crippen molar-refractivity contribution in [3.05, 3.63) is 29.8 Å². The normalized spacial score (nSPS) is 13.3. The summed E-state index contributed by atoms with van der Waals surface area (Å²) in [6, 6.07) is 8.26. The van der Waals surface area contributed by atoms with Crippen LogP contribution < -0.4 is 10.1 Å². The van der Waals surface area contributed by atoms with E-state index in [4.69, 9.17) is 4.74 Å². The summed E-state index contributed by atoms with van der Waals surface area (Å²) in [6.45, 7) is 3.73. The van der Waals surface area contributed by atoms with Gasteiger partial charge in [0.1, 0.15) is 5.75 Å². The van der Waals surface area contributed by atoms with Crippen molar-refractivity contribution in [3.8, 4) is 5.75 Å². The molecule has 1 atom stereocenters. The van der Waals surface area contributed by atoms with E-state index >= 15 is 0 Å². The van der Waals surface area contributed by atoms with E-state index in [1.165, 1.54) is 5.56 Å². The highest BCUT2D eigenvalue weighted by Gasteiger charge is 2.23. The molecular weight excluding hydrogens is 242 g/mol. The molecule has 1 aromatic carbocycles. The molecule has 4 nitrogen and oxygen atoms in total. The molecule has 0 saturated carbocycles. The fourth-order valence-corrected chi connectivity index (χ4v) is 1.98. The Balaban J connectivity index is 2.42. The number of aliphatic hydroxyl groups excluding tert-OH is 2. The molecule has 108 valence electrons. The molecule has 0 aliphatic carbocycles. The molecule has 0 amide bonds. The van der Waals surface area contributed by atoms with E-state index in [-0.39, 0.29) is 19.3 Å². The van der Waals surface area contributed by atoms with Crippen molar-refractivity contribution in [1.29, 1.82) is 0 Å². The first-order valence-corrected chi connectivity index (χ1v) is 6.65. The standard InChI is InChI=1S/C15H25NO3/c1-12(16-15(2,10-17)11-18)4-5-13-6-8-14(19-3)9-7-13/h6-9,12,16-18H,4-5,10-11H2,1-3H3. The van der Waals surface area contributed by atoms with Gasteiger partial charge in [-0.05, 0) is 44.4 Å². The van der Waals surface area contributed by atoms with Crippen LogP contribution in [0.1, 0.15) is 25.8 Å². The molecule has 0 saturated heterocycles. The lowest BCUT2D eigenvalue weighted by molar-refractivity contribution is 0.0947. The third-order valence-electron chi connectivity index (χ3n) is 3.32. The zero-order valence-electron chi connectivity index (χ0n) is 12.0. The van der Waals surface area contributed by atoms with Crippen LogP contribution in [0.3, 0.4) is 0 Å². The summed E-state index contributed by atoms with van der Waals surface area (Å²) in [6.07, 6.45) is 1.90. The van der Waals surface area contributed by atoms with Gasteiger partial charge in [0, 0.05) is 6.04 Å². The van der Waals surface area contributed by atoms with Gasteiger partial charge >= 0.3 is 0 Å². The first-order valence-electron chi connectivity index (χ1n) is 6.65. The fourth-order valence-electron chi connectivity index (χ4n) is 1.98. The molecule has 19 heavy (non-hydrogen) atoms. The highest BCUT2D eigenvalue weighted by molar-refractivity contribution is 5.27. The van der Waals surface area contributed by atoms with Crippen molar-refractivity contribution in [2.24, 2.45) is 0 Å². The van der Waals surface area contributed by atoms with Gasteiger partial charge in [-0.1, -0.05) is 12.1 Å². The molecular formula is C15H25NO3. The van der Waals surface area contributed by atoms with Crippen molar-refractivity contribution in [2.75, 3.05) is 20.3 Å². The van der Waals surface area contributed by atoms with Gasteiger partial charge in [-0.2, -0.15) is 0 Å². The molecule has 0 aromatic heterocycles. The van der Waals surface area contributed by atoms with Gasteiger partial charge in [0.2, 0.25) is 0 Å². The van der Waals surface area contributed by atoms with Crippen molar-refractivity contribution in [2.45, 2.75) is 38.3 Å². The van der Waals surface area contributed by atoms with Gasteiger partial charge in [0.25, 0.3) is 0 Å². The monoisotopic (exact) mass is 267 g/mol. The number of methoxy groups -OCH3 is 1. The number of ether oxygens (including phenoxy) is 1. The predicted molar refractivity (Wildman–Crippen MR) is 76.5 cm³/mol. The van der Waals surface area contributed by atoms with Crippen LogP contribution in [0.2, 0.25) is 0 Å². The Morgan fingerprint density at radius 1 is 1.21 bits per heavy atom. The van der Waals surface area contributed by atoms with E-state index in [0.717, 1.165) is 18.6 Å². The molecule has 0 fully saturated rings. The highest BCUT2D eigenvalue weighted by Crippen LogP contribution is 2.14. The minimum absolute atomic E-state index is 0.0730. The molecule has 0 bridgehead atoms. The second-order valence-electron chi connectivity index (χ2n) is 5.31. The predicted octanol–water partition coefficient (Wildman–Crippen LogP) is 1.35. The molecule has 0 spiro atoms. The molecule has 0 radical (unpaired) electrons. The lowest BCUT2D eigenvalue weighted by Gasteiger charge is -2.30. The van der Waals surface area contributed by atoms with Gasteiger partial charge in [-0.15, -0.1) is 0 Å². The molecule has 0 aliphatic rings. The summed E-state index contributed by atoms with van der Waals surface area (Å²) in [5.74, 6) is 0.864. The molecule has 3 N–H and O–H groups in total. The van der Waals surface area contributed by atoms with Crippen LogP contribution in [0.5, 0.6) is 5.75 Å². The summed E-state index contributed by atoms with van der Waals surface area (Å²) in [5, 5.41) is 21.7. The van der Waals surface area contributed by atoms with Crippen LogP contribution in [0, 0.1) is 0 Å². The second-order valence-corrected chi connectivity index (χ2v) is 5.31. The molecule has 0 heterocycles. The smallest absolute Gasteiger partial charge is 0.118 e. The maximum Gasteiger partial charge on any atom is 0.118 e. The van der Waals surface area contributed by atoms with Gasteiger partial charge in [-0.25, -0.2) is 0 Å². The SMILES string of the molecule is COc1ccc(CCC(C)NC(C)(CO)CO)cc1. The Labute approximate surface area is 115 Å². The molecule has 0 aliphatic heterocycles. The van der Waals surface area contributed by atoms with E-state index in [1.54, 1.807) is 7.11 Å². The van der Waals surface area contributed by atoms with Crippen molar-refractivity contribution in [3.63, 3.8) is 0 Å². The fraction of sp³-hybridized carbons (Fsp3) is 0.600. The Kier molecular flexibility index (Phi) is 6.28. The minimum Gasteiger partial charge on any atom is -0.497 e. The Hall–Kier alpha value is -1.10. The lowest BCUT2D eigenvalue weighted by Crippen LogP contribution is -2.52. The molecule has 1 aromatic rings. The van der Waals surface area contributed by atoms with Gasteiger partial charge < -0.3 is 20.3 Å². The maximum absolute atomic E-state index is 9.24. The Morgan fingerprint density at radius 3 is 2.26 bits per heavy atom. The second kappa shape index (κ2) is 7.48. The highest BCUT2D eigenvalue weighted by atomic mass is 16.5. The largest absolute Gasteiger partial charge is 0.497 e. The Bertz CT molecular complexity index is 360. The quantitative estimate of drug-likeness (QED) is 0.665. The summed E-state index contributed by atoms with van der Waals surface area (Å²) < 4.78 is 5.12. The number of aryl methyl sites for hydroxylation is 1. The maximum atomic E-state index is 9.24.